The Morgan fingerprint density at radius 1 is 0.889 bits per heavy atom. The molecule has 56 valence electrons. The fourth-order valence-corrected chi connectivity index (χ4v) is 0.380. The van der Waals surface area contributed by atoms with Gasteiger partial charge in [0, 0.05) is 6.61 Å². The maximum Gasteiger partial charge on any atom is 0.106 e. The molecule has 0 fully saturated rings. The number of ether oxygens (including phenoxy) is 1. The highest BCUT2D eigenvalue weighted by molar-refractivity contribution is 4.21. The van der Waals surface area contributed by atoms with Gasteiger partial charge in [0.25, 0.3) is 0 Å². The van der Waals surface area contributed by atoms with Crippen LogP contribution in [0.2, 0.25) is 0 Å². The average molecular weight is 134 g/mol. The summed E-state index contributed by atoms with van der Waals surface area (Å²) in [6.07, 6.45) is 0. The average Bonchev–Trinajstić information content (AvgIpc) is 1.89. The van der Waals surface area contributed by atoms with E-state index in [-0.39, 0.29) is 0 Å². The molecule has 0 atom stereocenters. The maximum absolute atomic E-state index is 4.98. The molecule has 0 N–H and O–H groups in total. The third kappa shape index (κ3) is 7.88. The fourth-order valence-electron chi connectivity index (χ4n) is 0.380. The second kappa shape index (κ2) is 7.88. The molecule has 0 aromatic heterocycles. The molecule has 0 radical (unpaired) electrons. The number of rotatable bonds is 6. The van der Waals surface area contributed by atoms with Crippen LogP contribution in [-0.4, -0.2) is 26.4 Å². The van der Waals surface area contributed by atoms with Gasteiger partial charge in [0.2, 0.25) is 0 Å². The van der Waals surface area contributed by atoms with Crippen LogP contribution in [0.15, 0.2) is 0 Å². The summed E-state index contributed by atoms with van der Waals surface area (Å²) in [7, 11) is 0. The lowest BCUT2D eigenvalue weighted by Crippen LogP contribution is -2.04. The van der Waals surface area contributed by atoms with Gasteiger partial charge >= 0.3 is 0 Å². The summed E-state index contributed by atoms with van der Waals surface area (Å²) >= 11 is 0. The molecule has 3 nitrogen and oxygen atoms in total. The monoisotopic (exact) mass is 134 g/mol. The second-order valence-corrected chi connectivity index (χ2v) is 1.43. The van der Waals surface area contributed by atoms with Crippen molar-refractivity contribution in [2.75, 3.05) is 26.4 Å². The molecule has 0 saturated carbocycles. The van der Waals surface area contributed by atoms with Crippen LogP contribution in [0.25, 0.3) is 0 Å². The Labute approximate surface area is 55.8 Å². The van der Waals surface area contributed by atoms with E-state index >= 15 is 0 Å². The first-order valence-electron chi connectivity index (χ1n) is 3.24. The summed E-state index contributed by atoms with van der Waals surface area (Å²) in [5.74, 6) is 0. The van der Waals surface area contributed by atoms with Crippen LogP contribution < -0.4 is 0 Å². The Morgan fingerprint density at radius 3 is 2.22 bits per heavy atom. The van der Waals surface area contributed by atoms with E-state index in [1.165, 1.54) is 0 Å². The first kappa shape index (κ1) is 8.88. The first-order valence-corrected chi connectivity index (χ1v) is 3.24. The standard InChI is InChI=1S/C6H14O3/c1-3-7-5-6-9-8-4-2/h3-6H2,1-2H3. The van der Waals surface area contributed by atoms with Crippen molar-refractivity contribution in [2.45, 2.75) is 13.8 Å². The van der Waals surface area contributed by atoms with Crippen LogP contribution in [-0.2, 0) is 14.5 Å². The zero-order valence-corrected chi connectivity index (χ0v) is 6.05. The molecule has 0 rings (SSSR count). The van der Waals surface area contributed by atoms with E-state index in [1.54, 1.807) is 0 Å². The molecule has 0 saturated heterocycles. The molecule has 0 aliphatic heterocycles. The molecule has 0 aromatic carbocycles. The van der Waals surface area contributed by atoms with Gasteiger partial charge < -0.3 is 4.74 Å². The number of hydrogen-bond acceptors (Lipinski definition) is 3. The summed E-state index contributed by atoms with van der Waals surface area (Å²) in [5.41, 5.74) is 0. The summed E-state index contributed by atoms with van der Waals surface area (Å²) in [5, 5.41) is 0. The van der Waals surface area contributed by atoms with E-state index in [0.717, 1.165) is 6.61 Å². The zero-order valence-electron chi connectivity index (χ0n) is 6.05. The van der Waals surface area contributed by atoms with Gasteiger partial charge in [-0.05, 0) is 13.8 Å². The fraction of sp³-hybridized carbons (Fsp3) is 1.00. The minimum absolute atomic E-state index is 0.516. The highest BCUT2D eigenvalue weighted by Crippen LogP contribution is 1.78. The van der Waals surface area contributed by atoms with Crippen LogP contribution >= 0.6 is 0 Å². The Hall–Kier alpha value is -0.120. The van der Waals surface area contributed by atoms with E-state index in [0.29, 0.717) is 19.8 Å². The summed E-state index contributed by atoms with van der Waals surface area (Å²) < 4.78 is 4.98. The highest BCUT2D eigenvalue weighted by atomic mass is 17.2. The SMILES string of the molecule is CCOCCOOCC. The zero-order chi connectivity index (χ0) is 6.95. The Balaban J connectivity index is 2.60. The van der Waals surface area contributed by atoms with Gasteiger partial charge in [0.1, 0.15) is 6.61 Å². The Morgan fingerprint density at radius 2 is 1.67 bits per heavy atom. The van der Waals surface area contributed by atoms with Crippen LogP contribution in [0.4, 0.5) is 0 Å². The van der Waals surface area contributed by atoms with Gasteiger partial charge in [-0.2, -0.15) is 0 Å². The van der Waals surface area contributed by atoms with Crippen molar-refractivity contribution in [3.05, 3.63) is 0 Å². The molecule has 3 heteroatoms. The van der Waals surface area contributed by atoms with Crippen molar-refractivity contribution in [3.63, 3.8) is 0 Å². The van der Waals surface area contributed by atoms with Crippen molar-refractivity contribution in [3.8, 4) is 0 Å². The lowest BCUT2D eigenvalue weighted by molar-refractivity contribution is -0.295. The molecular formula is C6H14O3. The van der Waals surface area contributed by atoms with Crippen molar-refractivity contribution in [2.24, 2.45) is 0 Å². The largest absolute Gasteiger partial charge is 0.379 e. The van der Waals surface area contributed by atoms with Gasteiger partial charge in [-0.25, -0.2) is 9.78 Å². The van der Waals surface area contributed by atoms with Gasteiger partial charge in [-0.15, -0.1) is 0 Å². The van der Waals surface area contributed by atoms with Crippen LogP contribution in [0.3, 0.4) is 0 Å². The van der Waals surface area contributed by atoms with Gasteiger partial charge in [-0.1, -0.05) is 0 Å². The van der Waals surface area contributed by atoms with Crippen molar-refractivity contribution < 1.29 is 14.5 Å². The van der Waals surface area contributed by atoms with Crippen molar-refractivity contribution >= 4 is 0 Å². The highest BCUT2D eigenvalue weighted by Gasteiger charge is 1.84. The molecule has 0 aliphatic rings. The van der Waals surface area contributed by atoms with Crippen LogP contribution in [0.5, 0.6) is 0 Å². The Kier molecular flexibility index (Phi) is 7.77. The van der Waals surface area contributed by atoms with E-state index in [9.17, 15) is 0 Å². The van der Waals surface area contributed by atoms with Crippen molar-refractivity contribution in [1.29, 1.82) is 0 Å². The van der Waals surface area contributed by atoms with Crippen LogP contribution in [0.1, 0.15) is 13.8 Å². The third-order valence-corrected chi connectivity index (χ3v) is 0.716. The molecule has 0 aromatic rings. The maximum atomic E-state index is 4.98. The Bertz CT molecular complexity index is 41.6. The molecule has 0 bridgehead atoms. The molecule has 0 amide bonds. The van der Waals surface area contributed by atoms with Gasteiger partial charge in [0.05, 0.1) is 13.2 Å². The molecule has 0 spiro atoms. The van der Waals surface area contributed by atoms with E-state index in [1.807, 2.05) is 13.8 Å². The predicted octanol–water partition coefficient (Wildman–Crippen LogP) is 0.991. The molecule has 0 aliphatic carbocycles. The normalized spacial score (nSPS) is 10.0. The summed E-state index contributed by atoms with van der Waals surface area (Å²) in [4.78, 5) is 9.26. The molecule has 0 heterocycles. The lowest BCUT2D eigenvalue weighted by Gasteiger charge is -2.00. The van der Waals surface area contributed by atoms with E-state index in [4.69, 9.17) is 4.74 Å². The molecular weight excluding hydrogens is 120 g/mol. The number of hydrogen-bond donors (Lipinski definition) is 0. The summed E-state index contributed by atoms with van der Waals surface area (Å²) in [6.45, 7) is 6.27. The molecule has 9 heavy (non-hydrogen) atoms. The second-order valence-electron chi connectivity index (χ2n) is 1.43. The van der Waals surface area contributed by atoms with E-state index in [2.05, 4.69) is 9.78 Å². The van der Waals surface area contributed by atoms with Crippen molar-refractivity contribution in [1.82, 2.24) is 0 Å². The van der Waals surface area contributed by atoms with Crippen LogP contribution in [0, 0.1) is 0 Å². The molecule has 0 unspecified atom stereocenters. The minimum atomic E-state index is 0.516. The predicted molar refractivity (Wildman–Crippen MR) is 34.1 cm³/mol. The van der Waals surface area contributed by atoms with E-state index < -0.39 is 0 Å². The van der Waals surface area contributed by atoms with Gasteiger partial charge in [-0.3, -0.25) is 0 Å². The quantitative estimate of drug-likeness (QED) is 0.308. The minimum Gasteiger partial charge on any atom is -0.379 e. The lowest BCUT2D eigenvalue weighted by atomic mass is 10.7. The third-order valence-electron chi connectivity index (χ3n) is 0.716. The summed E-state index contributed by atoms with van der Waals surface area (Å²) in [6, 6.07) is 0. The smallest absolute Gasteiger partial charge is 0.106 e. The first-order chi connectivity index (χ1) is 4.41. The van der Waals surface area contributed by atoms with Gasteiger partial charge in [0.15, 0.2) is 0 Å². The topological polar surface area (TPSA) is 27.7 Å².